The van der Waals surface area contributed by atoms with Gasteiger partial charge in [0.25, 0.3) is 0 Å². The Hall–Kier alpha value is -0.430. The molecule has 1 atom stereocenters. The summed E-state index contributed by atoms with van der Waals surface area (Å²) in [7, 11) is -1.51. The first-order valence-corrected chi connectivity index (χ1v) is 7.17. The molecule has 15 heavy (non-hydrogen) atoms. The number of thiophene rings is 1. The van der Waals surface area contributed by atoms with Crippen molar-refractivity contribution in [1.29, 1.82) is 0 Å². The van der Waals surface area contributed by atoms with Crippen LogP contribution in [0.1, 0.15) is 6.42 Å². The molecular formula is C9H15NO3S2. The van der Waals surface area contributed by atoms with E-state index in [2.05, 4.69) is 5.32 Å². The summed E-state index contributed by atoms with van der Waals surface area (Å²) in [4.78, 5) is 0. The monoisotopic (exact) mass is 249 g/mol. The summed E-state index contributed by atoms with van der Waals surface area (Å²) in [6.07, 6.45) is 0.446. The molecule has 1 rings (SSSR count). The van der Waals surface area contributed by atoms with Gasteiger partial charge in [0.2, 0.25) is 0 Å². The van der Waals surface area contributed by atoms with Crippen LogP contribution in [-0.2, 0) is 9.84 Å². The smallest absolute Gasteiger partial charge is 0.189 e. The summed E-state index contributed by atoms with van der Waals surface area (Å²) < 4.78 is 24.0. The predicted molar refractivity (Wildman–Crippen MR) is 60.9 cm³/mol. The van der Waals surface area contributed by atoms with Crippen LogP contribution in [0, 0.1) is 0 Å². The third-order valence-corrected chi connectivity index (χ3v) is 5.41. The van der Waals surface area contributed by atoms with Gasteiger partial charge in [0.05, 0.1) is 5.75 Å². The quantitative estimate of drug-likeness (QED) is 0.770. The van der Waals surface area contributed by atoms with Gasteiger partial charge in [-0.25, -0.2) is 8.42 Å². The number of hydrogen-bond acceptors (Lipinski definition) is 5. The maximum Gasteiger partial charge on any atom is 0.189 e. The Kier molecular flexibility index (Phi) is 4.72. The SMILES string of the molecule is CNC(CCO)CS(=O)(=O)c1cccs1. The molecule has 1 aromatic heterocycles. The Bertz CT molecular complexity index is 372. The second-order valence-corrected chi connectivity index (χ2v) is 6.42. The van der Waals surface area contributed by atoms with Gasteiger partial charge in [-0.05, 0) is 24.9 Å². The fourth-order valence-corrected chi connectivity index (χ4v) is 3.97. The highest BCUT2D eigenvalue weighted by Gasteiger charge is 2.20. The lowest BCUT2D eigenvalue weighted by molar-refractivity contribution is 0.272. The van der Waals surface area contributed by atoms with Gasteiger partial charge in [0.15, 0.2) is 9.84 Å². The zero-order valence-corrected chi connectivity index (χ0v) is 10.1. The van der Waals surface area contributed by atoms with Crippen LogP contribution in [0.25, 0.3) is 0 Å². The Morgan fingerprint density at radius 3 is 2.80 bits per heavy atom. The highest BCUT2D eigenvalue weighted by Crippen LogP contribution is 2.18. The zero-order valence-electron chi connectivity index (χ0n) is 8.51. The lowest BCUT2D eigenvalue weighted by Gasteiger charge is -2.13. The summed E-state index contributed by atoms with van der Waals surface area (Å²) >= 11 is 1.22. The number of sulfone groups is 1. The van der Waals surface area contributed by atoms with Gasteiger partial charge in [-0.3, -0.25) is 0 Å². The molecule has 0 fully saturated rings. The minimum absolute atomic E-state index is 0.00847. The number of nitrogens with one attached hydrogen (secondary N) is 1. The summed E-state index contributed by atoms with van der Waals surface area (Å²) in [5.74, 6) is 0.0323. The molecule has 1 unspecified atom stereocenters. The van der Waals surface area contributed by atoms with Crippen LogP contribution < -0.4 is 5.32 Å². The Morgan fingerprint density at radius 1 is 1.60 bits per heavy atom. The van der Waals surface area contributed by atoms with E-state index in [0.29, 0.717) is 10.6 Å². The van der Waals surface area contributed by atoms with E-state index < -0.39 is 9.84 Å². The van der Waals surface area contributed by atoms with E-state index in [1.165, 1.54) is 11.3 Å². The van der Waals surface area contributed by atoms with Crippen LogP contribution in [-0.4, -0.2) is 39.0 Å². The van der Waals surface area contributed by atoms with Crippen molar-refractivity contribution < 1.29 is 13.5 Å². The molecule has 0 bridgehead atoms. The average molecular weight is 249 g/mol. The van der Waals surface area contributed by atoms with Crippen molar-refractivity contribution >= 4 is 21.2 Å². The van der Waals surface area contributed by atoms with E-state index in [1.54, 1.807) is 24.6 Å². The molecule has 2 N–H and O–H groups in total. The molecule has 6 heteroatoms. The second-order valence-electron chi connectivity index (χ2n) is 3.21. The highest BCUT2D eigenvalue weighted by molar-refractivity contribution is 7.93. The average Bonchev–Trinajstić information content (AvgIpc) is 2.70. The van der Waals surface area contributed by atoms with E-state index in [-0.39, 0.29) is 18.4 Å². The van der Waals surface area contributed by atoms with E-state index in [4.69, 9.17) is 5.11 Å². The summed E-state index contributed by atoms with van der Waals surface area (Å²) in [6.45, 7) is -0.00847. The molecule has 4 nitrogen and oxygen atoms in total. The molecule has 1 aromatic rings. The van der Waals surface area contributed by atoms with Crippen molar-refractivity contribution in [2.45, 2.75) is 16.7 Å². The number of aliphatic hydroxyl groups is 1. The standard InChI is InChI=1S/C9H15NO3S2/c1-10-8(4-5-11)7-15(12,13)9-3-2-6-14-9/h2-3,6,8,10-11H,4-5,7H2,1H3. The molecule has 0 saturated heterocycles. The number of hydrogen-bond donors (Lipinski definition) is 2. The molecule has 86 valence electrons. The van der Waals surface area contributed by atoms with Crippen molar-refractivity contribution in [2.24, 2.45) is 0 Å². The van der Waals surface area contributed by atoms with Crippen LogP contribution in [0.15, 0.2) is 21.7 Å². The minimum atomic E-state index is -3.21. The van der Waals surface area contributed by atoms with Gasteiger partial charge in [0, 0.05) is 12.6 Å². The molecule has 0 aliphatic heterocycles. The summed E-state index contributed by atoms with van der Waals surface area (Å²) in [6, 6.07) is 3.13. The lowest BCUT2D eigenvalue weighted by atomic mass is 10.2. The van der Waals surface area contributed by atoms with Crippen LogP contribution in [0.4, 0.5) is 0 Å². The van der Waals surface area contributed by atoms with E-state index >= 15 is 0 Å². The van der Waals surface area contributed by atoms with Gasteiger partial charge in [0.1, 0.15) is 4.21 Å². The van der Waals surface area contributed by atoms with Crippen LogP contribution in [0.2, 0.25) is 0 Å². The Morgan fingerprint density at radius 2 is 2.33 bits per heavy atom. The van der Waals surface area contributed by atoms with Gasteiger partial charge in [-0.15, -0.1) is 11.3 Å². The maximum absolute atomic E-state index is 11.8. The molecule has 0 radical (unpaired) electrons. The Balaban J connectivity index is 2.72. The van der Waals surface area contributed by atoms with Gasteiger partial charge in [-0.2, -0.15) is 0 Å². The topological polar surface area (TPSA) is 66.4 Å². The first kappa shape index (κ1) is 12.6. The van der Waals surface area contributed by atoms with Crippen molar-refractivity contribution in [3.8, 4) is 0 Å². The normalized spacial score (nSPS) is 14.0. The fourth-order valence-electron chi connectivity index (χ4n) is 1.25. The third kappa shape index (κ3) is 3.57. The van der Waals surface area contributed by atoms with Gasteiger partial charge < -0.3 is 10.4 Å². The predicted octanol–water partition coefficient (Wildman–Crippen LogP) is 0.492. The van der Waals surface area contributed by atoms with Gasteiger partial charge >= 0.3 is 0 Å². The third-order valence-electron chi connectivity index (χ3n) is 2.11. The van der Waals surface area contributed by atoms with E-state index in [0.717, 1.165) is 0 Å². The highest BCUT2D eigenvalue weighted by atomic mass is 32.2. The van der Waals surface area contributed by atoms with E-state index in [1.807, 2.05) is 0 Å². The van der Waals surface area contributed by atoms with Crippen molar-refractivity contribution in [3.63, 3.8) is 0 Å². The summed E-state index contributed by atoms with van der Waals surface area (Å²) in [5, 5.41) is 13.4. The molecule has 0 aliphatic carbocycles. The van der Waals surface area contributed by atoms with Crippen LogP contribution in [0.5, 0.6) is 0 Å². The molecule has 0 aromatic carbocycles. The molecule has 0 aliphatic rings. The fraction of sp³-hybridized carbons (Fsp3) is 0.556. The van der Waals surface area contributed by atoms with Gasteiger partial charge in [-0.1, -0.05) is 6.07 Å². The summed E-state index contributed by atoms with van der Waals surface area (Å²) in [5.41, 5.74) is 0. The minimum Gasteiger partial charge on any atom is -0.396 e. The molecule has 0 amide bonds. The number of rotatable bonds is 6. The van der Waals surface area contributed by atoms with Crippen molar-refractivity contribution in [3.05, 3.63) is 17.5 Å². The zero-order chi connectivity index (χ0) is 11.3. The van der Waals surface area contributed by atoms with Crippen LogP contribution in [0.3, 0.4) is 0 Å². The Labute approximate surface area is 93.9 Å². The van der Waals surface area contributed by atoms with E-state index in [9.17, 15) is 8.42 Å². The van der Waals surface area contributed by atoms with Crippen molar-refractivity contribution in [2.75, 3.05) is 19.4 Å². The number of aliphatic hydroxyl groups excluding tert-OH is 1. The largest absolute Gasteiger partial charge is 0.396 e. The van der Waals surface area contributed by atoms with Crippen molar-refractivity contribution in [1.82, 2.24) is 5.32 Å². The molecule has 0 saturated carbocycles. The molecular weight excluding hydrogens is 234 g/mol. The molecule has 0 spiro atoms. The second kappa shape index (κ2) is 5.60. The molecule has 1 heterocycles. The lowest BCUT2D eigenvalue weighted by Crippen LogP contribution is -2.33. The first-order chi connectivity index (χ1) is 7.10. The first-order valence-electron chi connectivity index (χ1n) is 4.64. The van der Waals surface area contributed by atoms with Crippen LogP contribution >= 0.6 is 11.3 Å². The maximum atomic E-state index is 11.8.